The molecule has 3 rings (SSSR count). The maximum absolute atomic E-state index is 9.43. The molecular formula is C17H18O. The first-order chi connectivity index (χ1) is 8.73. The lowest BCUT2D eigenvalue weighted by Crippen LogP contribution is -2.11. The van der Waals surface area contributed by atoms with E-state index in [1.807, 2.05) is 0 Å². The lowest BCUT2D eigenvalue weighted by atomic mass is 9.94. The minimum atomic E-state index is 0.0745. The Morgan fingerprint density at radius 3 is 2.28 bits per heavy atom. The van der Waals surface area contributed by atoms with Gasteiger partial charge in [0.25, 0.3) is 0 Å². The second kappa shape index (κ2) is 4.25. The Morgan fingerprint density at radius 1 is 1.00 bits per heavy atom. The van der Waals surface area contributed by atoms with Crippen molar-refractivity contribution in [1.82, 2.24) is 0 Å². The summed E-state index contributed by atoms with van der Waals surface area (Å²) >= 11 is 0. The van der Waals surface area contributed by atoms with E-state index in [9.17, 15) is 5.11 Å². The van der Waals surface area contributed by atoms with Crippen LogP contribution in [0.4, 0.5) is 0 Å². The van der Waals surface area contributed by atoms with Crippen molar-refractivity contribution >= 4 is 0 Å². The first-order valence-corrected chi connectivity index (χ1v) is 6.52. The summed E-state index contributed by atoms with van der Waals surface area (Å²) in [6.07, 6.45) is 2.24. The topological polar surface area (TPSA) is 20.2 Å². The monoisotopic (exact) mass is 238 g/mol. The Bertz CT molecular complexity index is 550. The molecule has 1 aliphatic carbocycles. The Morgan fingerprint density at radius 2 is 1.72 bits per heavy atom. The Labute approximate surface area is 108 Å². The molecule has 0 bridgehead atoms. The predicted molar refractivity (Wildman–Crippen MR) is 74.6 cm³/mol. The molecule has 0 atom stereocenters. The van der Waals surface area contributed by atoms with Crippen LogP contribution < -0.4 is 0 Å². The van der Waals surface area contributed by atoms with Crippen molar-refractivity contribution in [3.63, 3.8) is 0 Å². The SMILES string of the molecule is Cc1cccc(-c2ccc(C3(CO)CC3)cc2)c1. The van der Waals surface area contributed by atoms with Gasteiger partial charge in [0.15, 0.2) is 0 Å². The zero-order chi connectivity index (χ0) is 12.6. The molecule has 0 saturated heterocycles. The van der Waals surface area contributed by atoms with E-state index in [-0.39, 0.29) is 12.0 Å². The van der Waals surface area contributed by atoms with Crippen molar-refractivity contribution in [1.29, 1.82) is 0 Å². The van der Waals surface area contributed by atoms with E-state index in [0.29, 0.717) is 0 Å². The van der Waals surface area contributed by atoms with E-state index in [4.69, 9.17) is 0 Å². The summed E-state index contributed by atoms with van der Waals surface area (Å²) in [5.41, 5.74) is 5.14. The fraction of sp³-hybridized carbons (Fsp3) is 0.294. The van der Waals surface area contributed by atoms with E-state index >= 15 is 0 Å². The van der Waals surface area contributed by atoms with Crippen molar-refractivity contribution in [2.45, 2.75) is 25.2 Å². The van der Waals surface area contributed by atoms with Gasteiger partial charge in [-0.1, -0.05) is 54.1 Å². The van der Waals surface area contributed by atoms with Crippen LogP contribution in [0.15, 0.2) is 48.5 Å². The van der Waals surface area contributed by atoms with Gasteiger partial charge in [-0.15, -0.1) is 0 Å². The molecule has 0 radical (unpaired) electrons. The molecule has 1 aliphatic rings. The van der Waals surface area contributed by atoms with E-state index < -0.39 is 0 Å². The Kier molecular flexibility index (Phi) is 2.71. The summed E-state index contributed by atoms with van der Waals surface area (Å²) in [6.45, 7) is 2.39. The van der Waals surface area contributed by atoms with Gasteiger partial charge in [-0.2, -0.15) is 0 Å². The number of hydrogen-bond acceptors (Lipinski definition) is 1. The van der Waals surface area contributed by atoms with Crippen molar-refractivity contribution in [2.75, 3.05) is 6.61 Å². The Hall–Kier alpha value is -1.60. The summed E-state index contributed by atoms with van der Waals surface area (Å²) in [5, 5.41) is 9.43. The molecule has 2 aromatic rings. The molecule has 1 N–H and O–H groups in total. The zero-order valence-electron chi connectivity index (χ0n) is 10.7. The number of rotatable bonds is 3. The maximum Gasteiger partial charge on any atom is 0.0527 e. The van der Waals surface area contributed by atoms with Gasteiger partial charge in [0.1, 0.15) is 0 Å². The highest BCUT2D eigenvalue weighted by molar-refractivity contribution is 5.64. The van der Waals surface area contributed by atoms with Crippen LogP contribution in [0.5, 0.6) is 0 Å². The molecule has 2 aromatic carbocycles. The van der Waals surface area contributed by atoms with E-state index in [2.05, 4.69) is 55.5 Å². The number of aliphatic hydroxyl groups is 1. The van der Waals surface area contributed by atoms with Gasteiger partial charge in [-0.3, -0.25) is 0 Å². The fourth-order valence-electron chi connectivity index (χ4n) is 2.53. The van der Waals surface area contributed by atoms with Crippen molar-refractivity contribution in [3.8, 4) is 11.1 Å². The predicted octanol–water partition coefficient (Wildman–Crippen LogP) is 3.69. The van der Waals surface area contributed by atoms with E-state index in [0.717, 1.165) is 12.8 Å². The summed E-state index contributed by atoms with van der Waals surface area (Å²) in [4.78, 5) is 0. The molecule has 1 saturated carbocycles. The van der Waals surface area contributed by atoms with Gasteiger partial charge in [-0.25, -0.2) is 0 Å². The minimum absolute atomic E-state index is 0.0745. The highest BCUT2D eigenvalue weighted by atomic mass is 16.3. The quantitative estimate of drug-likeness (QED) is 0.864. The average molecular weight is 238 g/mol. The smallest absolute Gasteiger partial charge is 0.0527 e. The summed E-state index contributed by atoms with van der Waals surface area (Å²) in [5.74, 6) is 0. The number of aliphatic hydroxyl groups excluding tert-OH is 1. The molecule has 1 heteroatoms. The summed E-state index contributed by atoms with van der Waals surface area (Å²) in [6, 6.07) is 17.2. The van der Waals surface area contributed by atoms with E-state index in [1.54, 1.807) is 0 Å². The lowest BCUT2D eigenvalue weighted by Gasteiger charge is -2.12. The minimum Gasteiger partial charge on any atom is -0.395 e. The van der Waals surface area contributed by atoms with Gasteiger partial charge in [0.2, 0.25) is 0 Å². The van der Waals surface area contributed by atoms with Crippen LogP contribution in [0.25, 0.3) is 11.1 Å². The second-order valence-corrected chi connectivity index (χ2v) is 5.39. The fourth-order valence-corrected chi connectivity index (χ4v) is 2.53. The summed E-state index contributed by atoms with van der Waals surface area (Å²) < 4.78 is 0. The van der Waals surface area contributed by atoms with Gasteiger partial charge < -0.3 is 5.11 Å². The number of aryl methyl sites for hydroxylation is 1. The van der Waals surface area contributed by atoms with Gasteiger partial charge in [-0.05, 0) is 36.5 Å². The standard InChI is InChI=1S/C17H18O/c1-13-3-2-4-15(11-13)14-5-7-16(8-6-14)17(12-18)9-10-17/h2-8,11,18H,9-10,12H2,1H3. The van der Waals surface area contributed by atoms with Crippen molar-refractivity contribution in [3.05, 3.63) is 59.7 Å². The van der Waals surface area contributed by atoms with Crippen LogP contribution in [-0.4, -0.2) is 11.7 Å². The third kappa shape index (κ3) is 1.95. The summed E-state index contributed by atoms with van der Waals surface area (Å²) in [7, 11) is 0. The zero-order valence-corrected chi connectivity index (χ0v) is 10.7. The molecular weight excluding hydrogens is 220 g/mol. The molecule has 1 fully saturated rings. The van der Waals surface area contributed by atoms with Gasteiger partial charge in [0, 0.05) is 5.41 Å². The number of hydrogen-bond donors (Lipinski definition) is 1. The number of benzene rings is 2. The molecule has 0 aliphatic heterocycles. The van der Waals surface area contributed by atoms with Gasteiger partial charge in [0.05, 0.1) is 6.61 Å². The van der Waals surface area contributed by atoms with Gasteiger partial charge >= 0.3 is 0 Å². The average Bonchev–Trinajstić information content (AvgIpc) is 3.20. The third-order valence-electron chi connectivity index (χ3n) is 4.00. The van der Waals surface area contributed by atoms with Crippen LogP contribution in [0.2, 0.25) is 0 Å². The molecule has 0 heterocycles. The normalized spacial score (nSPS) is 16.6. The molecule has 0 unspecified atom stereocenters. The largest absolute Gasteiger partial charge is 0.395 e. The highest BCUT2D eigenvalue weighted by Crippen LogP contribution is 2.47. The second-order valence-electron chi connectivity index (χ2n) is 5.39. The van der Waals surface area contributed by atoms with Crippen LogP contribution in [-0.2, 0) is 5.41 Å². The molecule has 1 nitrogen and oxygen atoms in total. The van der Waals surface area contributed by atoms with E-state index in [1.165, 1.54) is 22.3 Å². The first-order valence-electron chi connectivity index (χ1n) is 6.52. The van der Waals surface area contributed by atoms with Crippen LogP contribution in [0.3, 0.4) is 0 Å². The maximum atomic E-state index is 9.43. The van der Waals surface area contributed by atoms with Crippen LogP contribution in [0.1, 0.15) is 24.0 Å². The molecule has 18 heavy (non-hydrogen) atoms. The van der Waals surface area contributed by atoms with Crippen molar-refractivity contribution in [2.24, 2.45) is 0 Å². The lowest BCUT2D eigenvalue weighted by molar-refractivity contribution is 0.255. The molecule has 0 amide bonds. The Balaban J connectivity index is 1.92. The highest BCUT2D eigenvalue weighted by Gasteiger charge is 2.43. The third-order valence-corrected chi connectivity index (χ3v) is 4.00. The van der Waals surface area contributed by atoms with Crippen LogP contribution >= 0.6 is 0 Å². The van der Waals surface area contributed by atoms with Crippen LogP contribution in [0, 0.1) is 6.92 Å². The first kappa shape index (κ1) is 11.5. The molecule has 92 valence electrons. The van der Waals surface area contributed by atoms with Crippen molar-refractivity contribution < 1.29 is 5.11 Å². The molecule has 0 aromatic heterocycles. The molecule has 0 spiro atoms.